The number of hydrogen-bond donors (Lipinski definition) is 2. The summed E-state index contributed by atoms with van der Waals surface area (Å²) >= 11 is 0. The molecule has 1 aromatic heterocycles. The van der Waals surface area contributed by atoms with Crippen LogP contribution in [0.5, 0.6) is 5.88 Å². The summed E-state index contributed by atoms with van der Waals surface area (Å²) in [6.07, 6.45) is 1.29. The second-order valence-electron chi connectivity index (χ2n) is 8.43. The van der Waals surface area contributed by atoms with Crippen LogP contribution >= 0.6 is 0 Å². The van der Waals surface area contributed by atoms with Crippen LogP contribution in [0.25, 0.3) is 0 Å². The number of cyclic esters (lactones) is 1. The summed E-state index contributed by atoms with van der Waals surface area (Å²) < 4.78 is 16.0. The number of anilines is 2. The van der Waals surface area contributed by atoms with Gasteiger partial charge >= 0.3 is 6.09 Å². The fourth-order valence-electron chi connectivity index (χ4n) is 4.65. The molecule has 12 nitrogen and oxygen atoms in total. The normalized spacial score (nSPS) is 22.4. The van der Waals surface area contributed by atoms with E-state index in [1.54, 1.807) is 12.1 Å². The highest BCUT2D eigenvalue weighted by atomic mass is 16.6. The lowest BCUT2D eigenvalue weighted by Crippen LogP contribution is -2.31. The van der Waals surface area contributed by atoms with Crippen LogP contribution in [0.15, 0.2) is 24.4 Å². The zero-order chi connectivity index (χ0) is 24.4. The predicted octanol–water partition coefficient (Wildman–Crippen LogP) is 1.07. The number of carbonyl (C=O) groups excluding carboxylic acids is 3. The molecule has 1 aliphatic carbocycles. The maximum atomic E-state index is 12.4. The van der Waals surface area contributed by atoms with Gasteiger partial charge in [0.1, 0.15) is 12.2 Å². The number of amides is 2. The first kappa shape index (κ1) is 22.5. The average Bonchev–Trinajstić information content (AvgIpc) is 3.41. The lowest BCUT2D eigenvalue weighted by atomic mass is 10.0. The smallest absolute Gasteiger partial charge is 0.415 e. The zero-order valence-electron chi connectivity index (χ0n) is 18.6. The van der Waals surface area contributed by atoms with Gasteiger partial charge in [0.25, 0.3) is 18.3 Å². The molecule has 3 unspecified atom stereocenters. The molecule has 180 valence electrons. The molecule has 0 bridgehead atoms. The Kier molecular flexibility index (Phi) is 6.15. The van der Waals surface area contributed by atoms with E-state index in [0.29, 0.717) is 44.5 Å². The van der Waals surface area contributed by atoms with Crippen molar-refractivity contribution in [1.29, 1.82) is 5.26 Å². The Bertz CT molecular complexity index is 1210. The molecule has 3 heterocycles. The van der Waals surface area contributed by atoms with Crippen molar-refractivity contribution >= 4 is 30.1 Å². The fraction of sp³-hybridized carbons (Fsp3) is 0.391. The molecule has 0 spiro atoms. The topological polar surface area (TPSA) is 156 Å². The van der Waals surface area contributed by atoms with E-state index in [9.17, 15) is 19.6 Å². The Morgan fingerprint density at radius 1 is 1.37 bits per heavy atom. The molecule has 2 aromatic rings. The van der Waals surface area contributed by atoms with E-state index in [-0.39, 0.29) is 42.1 Å². The standard InChI is InChI=1S/C23H22N6O6/c24-7-13-2-1-3-16-17(13)6-14(20(16)34-12-30)8-25-5-4-15-10-29(23(32)35-15)18-9-26-22-21(27-18)28-19(31)11-33-22/h1-3,9,12,14-15,20,25H,4-6,8,10-11H2,(H,27,28,31). The van der Waals surface area contributed by atoms with Gasteiger partial charge in [-0.3, -0.25) is 14.5 Å². The summed E-state index contributed by atoms with van der Waals surface area (Å²) in [4.78, 5) is 44.7. The van der Waals surface area contributed by atoms with Crippen LogP contribution in [-0.4, -0.2) is 60.8 Å². The number of benzene rings is 1. The molecule has 1 saturated heterocycles. The van der Waals surface area contributed by atoms with E-state index < -0.39 is 12.2 Å². The molecule has 0 radical (unpaired) electrons. The summed E-state index contributed by atoms with van der Waals surface area (Å²) in [7, 11) is 0. The van der Waals surface area contributed by atoms with Crippen LogP contribution in [0, 0.1) is 17.2 Å². The predicted molar refractivity (Wildman–Crippen MR) is 119 cm³/mol. The highest BCUT2D eigenvalue weighted by Gasteiger charge is 2.36. The van der Waals surface area contributed by atoms with E-state index in [4.69, 9.17) is 14.2 Å². The molecule has 1 aromatic carbocycles. The zero-order valence-corrected chi connectivity index (χ0v) is 18.6. The minimum absolute atomic E-state index is 0.00414. The third kappa shape index (κ3) is 4.45. The van der Waals surface area contributed by atoms with Crippen molar-refractivity contribution in [2.45, 2.75) is 25.0 Å². The Balaban J connectivity index is 1.14. The number of nitriles is 1. The molecule has 2 N–H and O–H groups in total. The van der Waals surface area contributed by atoms with Crippen molar-refractivity contribution in [2.75, 3.05) is 36.5 Å². The largest absolute Gasteiger partial charge is 0.465 e. The van der Waals surface area contributed by atoms with Crippen molar-refractivity contribution in [3.8, 4) is 11.9 Å². The summed E-state index contributed by atoms with van der Waals surface area (Å²) in [6, 6.07) is 7.65. The van der Waals surface area contributed by atoms with Gasteiger partial charge in [-0.25, -0.2) is 14.8 Å². The molecule has 3 aliphatic rings. The Morgan fingerprint density at radius 2 is 2.26 bits per heavy atom. The fourth-order valence-corrected chi connectivity index (χ4v) is 4.65. The molecule has 3 atom stereocenters. The van der Waals surface area contributed by atoms with Gasteiger partial charge in [-0.05, 0) is 36.6 Å². The maximum absolute atomic E-state index is 12.4. The van der Waals surface area contributed by atoms with Gasteiger partial charge in [-0.2, -0.15) is 5.26 Å². The maximum Gasteiger partial charge on any atom is 0.415 e. The minimum atomic E-state index is -0.540. The van der Waals surface area contributed by atoms with Crippen LogP contribution in [0.4, 0.5) is 16.4 Å². The van der Waals surface area contributed by atoms with Crippen LogP contribution < -0.4 is 20.3 Å². The van der Waals surface area contributed by atoms with Gasteiger partial charge in [0, 0.05) is 12.5 Å². The molecular formula is C23H22N6O6. The minimum Gasteiger partial charge on any atom is -0.465 e. The van der Waals surface area contributed by atoms with Crippen molar-refractivity contribution in [1.82, 2.24) is 15.3 Å². The number of rotatable bonds is 8. The molecule has 2 aliphatic heterocycles. The second kappa shape index (κ2) is 9.55. The first-order valence-corrected chi connectivity index (χ1v) is 11.2. The summed E-state index contributed by atoms with van der Waals surface area (Å²) in [5.41, 5.74) is 2.39. The number of hydrogen-bond acceptors (Lipinski definition) is 10. The molecular weight excluding hydrogens is 456 g/mol. The van der Waals surface area contributed by atoms with Crippen LogP contribution in [0.3, 0.4) is 0 Å². The van der Waals surface area contributed by atoms with E-state index in [0.717, 1.165) is 11.1 Å². The Hall–Kier alpha value is -4.24. The quantitative estimate of drug-likeness (QED) is 0.416. The Morgan fingerprint density at radius 3 is 3.09 bits per heavy atom. The number of aromatic nitrogens is 2. The third-order valence-corrected chi connectivity index (χ3v) is 6.26. The van der Waals surface area contributed by atoms with E-state index in [2.05, 4.69) is 26.7 Å². The SMILES string of the molecule is N#Cc1cccc2c1CC(CNCCC1CN(c3cnc4c(n3)NC(=O)CO4)C(=O)O1)C2OC=O. The average molecular weight is 478 g/mol. The third-order valence-electron chi connectivity index (χ3n) is 6.26. The van der Waals surface area contributed by atoms with E-state index in [1.165, 1.54) is 11.1 Å². The number of fused-ring (bicyclic) bond motifs is 2. The van der Waals surface area contributed by atoms with E-state index >= 15 is 0 Å². The van der Waals surface area contributed by atoms with Crippen molar-refractivity contribution in [3.05, 3.63) is 41.1 Å². The van der Waals surface area contributed by atoms with Crippen molar-refractivity contribution < 1.29 is 28.6 Å². The number of ether oxygens (including phenoxy) is 3. The van der Waals surface area contributed by atoms with Gasteiger partial charge < -0.3 is 24.8 Å². The van der Waals surface area contributed by atoms with Gasteiger partial charge in [0.2, 0.25) is 0 Å². The number of nitrogens with one attached hydrogen (secondary N) is 2. The second-order valence-corrected chi connectivity index (χ2v) is 8.43. The first-order valence-electron chi connectivity index (χ1n) is 11.2. The molecule has 0 saturated carbocycles. The highest BCUT2D eigenvalue weighted by Crippen LogP contribution is 2.39. The monoisotopic (exact) mass is 478 g/mol. The van der Waals surface area contributed by atoms with Crippen LogP contribution in [0.2, 0.25) is 0 Å². The van der Waals surface area contributed by atoms with Gasteiger partial charge in [0.05, 0.1) is 24.4 Å². The van der Waals surface area contributed by atoms with Crippen LogP contribution in [0.1, 0.15) is 29.2 Å². The summed E-state index contributed by atoms with van der Waals surface area (Å²) in [6.45, 7) is 1.74. The Labute approximate surface area is 200 Å². The van der Waals surface area contributed by atoms with Crippen molar-refractivity contribution in [3.63, 3.8) is 0 Å². The molecule has 12 heteroatoms. The van der Waals surface area contributed by atoms with E-state index in [1.807, 2.05) is 6.07 Å². The first-order chi connectivity index (χ1) is 17.1. The van der Waals surface area contributed by atoms with Gasteiger partial charge in [-0.1, -0.05) is 12.1 Å². The molecule has 2 amide bonds. The number of nitrogens with zero attached hydrogens (tertiary/aromatic N) is 4. The van der Waals surface area contributed by atoms with Gasteiger partial charge in [-0.15, -0.1) is 0 Å². The lowest BCUT2D eigenvalue weighted by Gasteiger charge is -2.19. The van der Waals surface area contributed by atoms with Gasteiger partial charge in [0.15, 0.2) is 18.2 Å². The molecule has 35 heavy (non-hydrogen) atoms. The number of carbonyl (C=O) groups is 3. The van der Waals surface area contributed by atoms with Crippen LogP contribution in [-0.2, 0) is 25.5 Å². The lowest BCUT2D eigenvalue weighted by molar-refractivity contribution is -0.136. The molecule has 1 fully saturated rings. The van der Waals surface area contributed by atoms with Crippen molar-refractivity contribution in [2.24, 2.45) is 5.92 Å². The summed E-state index contributed by atoms with van der Waals surface area (Å²) in [5, 5.41) is 15.3. The summed E-state index contributed by atoms with van der Waals surface area (Å²) in [5.74, 6) is 0.290. The highest BCUT2D eigenvalue weighted by molar-refractivity contribution is 5.94. The molecule has 5 rings (SSSR count).